The smallest absolute Gasteiger partial charge is 0.258 e. The van der Waals surface area contributed by atoms with E-state index in [4.69, 9.17) is 4.74 Å². The van der Waals surface area contributed by atoms with Gasteiger partial charge in [0.1, 0.15) is 10.6 Å². The maximum atomic E-state index is 13.5. The highest BCUT2D eigenvalue weighted by Crippen LogP contribution is 2.36. The molecule has 33 heavy (non-hydrogen) atoms. The maximum absolute atomic E-state index is 13.5. The molecule has 0 fully saturated rings. The van der Waals surface area contributed by atoms with Gasteiger partial charge in [0.25, 0.3) is 5.91 Å². The van der Waals surface area contributed by atoms with Crippen molar-refractivity contribution in [3.8, 4) is 5.75 Å². The standard InChI is InChI=1S/C26H28N2O4S/c1-19-15-16-28(23-12-8-7-11-22(19)23)26(29)21-13-14-24(32-3)25(17-21)33(30,31)27(2)18-20-9-5-4-6-10-20/h4-14,17,19H,15-16,18H2,1-3H3. The van der Waals surface area contributed by atoms with Gasteiger partial charge in [0.05, 0.1) is 7.11 Å². The Morgan fingerprint density at radius 3 is 2.48 bits per heavy atom. The molecule has 0 saturated heterocycles. The van der Waals surface area contributed by atoms with Crippen molar-refractivity contribution in [1.29, 1.82) is 0 Å². The molecule has 0 spiro atoms. The Hall–Kier alpha value is -3.16. The monoisotopic (exact) mass is 464 g/mol. The molecule has 6 nitrogen and oxygen atoms in total. The van der Waals surface area contributed by atoms with Crippen LogP contribution in [0.5, 0.6) is 5.75 Å². The largest absolute Gasteiger partial charge is 0.495 e. The lowest BCUT2D eigenvalue weighted by Crippen LogP contribution is -2.36. The van der Waals surface area contributed by atoms with Crippen LogP contribution in [0.15, 0.2) is 77.7 Å². The molecule has 4 rings (SSSR count). The van der Waals surface area contributed by atoms with Crippen molar-refractivity contribution in [2.75, 3.05) is 25.6 Å². The van der Waals surface area contributed by atoms with Crippen LogP contribution in [-0.4, -0.2) is 39.3 Å². The number of fused-ring (bicyclic) bond motifs is 1. The Kier molecular flexibility index (Phi) is 6.54. The lowest BCUT2D eigenvalue weighted by Gasteiger charge is -2.33. The number of ether oxygens (including phenoxy) is 1. The van der Waals surface area contributed by atoms with Crippen LogP contribution in [-0.2, 0) is 16.6 Å². The first-order valence-corrected chi connectivity index (χ1v) is 12.4. The SMILES string of the molecule is COc1ccc(C(=O)N2CCC(C)c3ccccc32)cc1S(=O)(=O)N(C)Cc1ccccc1. The van der Waals surface area contributed by atoms with Gasteiger partial charge in [0, 0.05) is 31.4 Å². The van der Waals surface area contributed by atoms with Gasteiger partial charge >= 0.3 is 0 Å². The van der Waals surface area contributed by atoms with Gasteiger partial charge in [-0.2, -0.15) is 4.31 Å². The predicted molar refractivity (Wildman–Crippen MR) is 129 cm³/mol. The van der Waals surface area contributed by atoms with Gasteiger partial charge in [-0.3, -0.25) is 4.79 Å². The molecule has 1 atom stereocenters. The molecule has 0 saturated carbocycles. The Morgan fingerprint density at radius 1 is 1.06 bits per heavy atom. The van der Waals surface area contributed by atoms with Crippen molar-refractivity contribution >= 4 is 21.6 Å². The minimum Gasteiger partial charge on any atom is -0.495 e. The van der Waals surface area contributed by atoms with Crippen molar-refractivity contribution in [2.24, 2.45) is 0 Å². The van der Waals surface area contributed by atoms with Crippen LogP contribution >= 0.6 is 0 Å². The molecule has 1 aliphatic heterocycles. The minimum absolute atomic E-state index is 0.0204. The minimum atomic E-state index is -3.90. The molecule has 1 amide bonds. The van der Waals surface area contributed by atoms with E-state index in [0.717, 1.165) is 23.2 Å². The number of rotatable bonds is 6. The van der Waals surface area contributed by atoms with E-state index in [-0.39, 0.29) is 23.1 Å². The maximum Gasteiger partial charge on any atom is 0.258 e. The van der Waals surface area contributed by atoms with Crippen molar-refractivity contribution in [3.63, 3.8) is 0 Å². The zero-order valence-corrected chi connectivity index (χ0v) is 19.9. The number of para-hydroxylation sites is 1. The van der Waals surface area contributed by atoms with Crippen molar-refractivity contribution < 1.29 is 17.9 Å². The summed E-state index contributed by atoms with van der Waals surface area (Å²) in [5.41, 5.74) is 3.18. The highest BCUT2D eigenvalue weighted by molar-refractivity contribution is 7.89. The van der Waals surface area contributed by atoms with Crippen LogP contribution < -0.4 is 9.64 Å². The quantitative estimate of drug-likeness (QED) is 0.532. The van der Waals surface area contributed by atoms with Crippen LogP contribution in [0.2, 0.25) is 0 Å². The van der Waals surface area contributed by atoms with E-state index in [9.17, 15) is 13.2 Å². The third kappa shape index (κ3) is 4.51. The van der Waals surface area contributed by atoms with Crippen molar-refractivity contribution in [3.05, 3.63) is 89.5 Å². The molecule has 0 bridgehead atoms. The molecule has 1 aliphatic rings. The number of benzene rings is 3. The third-order valence-electron chi connectivity index (χ3n) is 6.14. The molecular weight excluding hydrogens is 436 g/mol. The summed E-state index contributed by atoms with van der Waals surface area (Å²) < 4.78 is 33.5. The van der Waals surface area contributed by atoms with Gasteiger partial charge in [-0.1, -0.05) is 55.5 Å². The topological polar surface area (TPSA) is 66.9 Å². The summed E-state index contributed by atoms with van der Waals surface area (Å²) in [6.07, 6.45) is 0.851. The van der Waals surface area contributed by atoms with Crippen molar-refractivity contribution in [2.45, 2.75) is 30.7 Å². The Balaban J connectivity index is 1.69. The number of amides is 1. The van der Waals surface area contributed by atoms with Crippen LogP contribution in [0.4, 0.5) is 5.69 Å². The van der Waals surface area contributed by atoms with Gasteiger partial charge in [-0.05, 0) is 47.7 Å². The van der Waals surface area contributed by atoms with E-state index in [1.165, 1.54) is 24.5 Å². The number of nitrogens with zero attached hydrogens (tertiary/aromatic N) is 2. The summed E-state index contributed by atoms with van der Waals surface area (Å²) in [7, 11) is -0.946. The summed E-state index contributed by atoms with van der Waals surface area (Å²) in [5, 5.41) is 0. The number of hydrogen-bond acceptors (Lipinski definition) is 4. The van der Waals surface area contributed by atoms with Gasteiger partial charge in [-0.25, -0.2) is 8.42 Å². The Labute approximate surface area is 195 Å². The second kappa shape index (κ2) is 9.37. The fourth-order valence-corrected chi connectivity index (χ4v) is 5.56. The first-order valence-electron chi connectivity index (χ1n) is 10.9. The van der Waals surface area contributed by atoms with E-state index in [1.807, 2.05) is 54.6 Å². The Bertz CT molecular complexity index is 1260. The highest BCUT2D eigenvalue weighted by atomic mass is 32.2. The first-order chi connectivity index (χ1) is 15.8. The van der Waals surface area contributed by atoms with E-state index >= 15 is 0 Å². The van der Waals surface area contributed by atoms with Gasteiger partial charge in [0.2, 0.25) is 10.0 Å². The summed E-state index contributed by atoms with van der Waals surface area (Å²) in [6, 6.07) is 21.8. The summed E-state index contributed by atoms with van der Waals surface area (Å²) in [6.45, 7) is 2.95. The summed E-state index contributed by atoms with van der Waals surface area (Å²) in [5.74, 6) is 0.349. The number of anilines is 1. The number of carbonyl (C=O) groups excluding carboxylic acids is 1. The molecule has 3 aromatic rings. The molecule has 0 radical (unpaired) electrons. The van der Waals surface area contributed by atoms with E-state index in [1.54, 1.807) is 17.0 Å². The predicted octanol–water partition coefficient (Wildman–Crippen LogP) is 4.67. The zero-order valence-electron chi connectivity index (χ0n) is 19.1. The van der Waals surface area contributed by atoms with E-state index in [2.05, 4.69) is 6.92 Å². The molecule has 0 aromatic heterocycles. The molecular formula is C26H28N2O4S. The molecule has 1 unspecified atom stereocenters. The molecule has 0 N–H and O–H groups in total. The average Bonchev–Trinajstić information content (AvgIpc) is 2.84. The average molecular weight is 465 g/mol. The number of carbonyl (C=O) groups is 1. The number of sulfonamides is 1. The van der Waals surface area contributed by atoms with Crippen molar-refractivity contribution in [1.82, 2.24) is 4.31 Å². The second-order valence-corrected chi connectivity index (χ2v) is 10.3. The highest BCUT2D eigenvalue weighted by Gasteiger charge is 2.30. The van der Waals surface area contributed by atoms with Gasteiger partial charge in [0.15, 0.2) is 0 Å². The number of methoxy groups -OCH3 is 1. The van der Waals surface area contributed by atoms with E-state index in [0.29, 0.717) is 18.0 Å². The second-order valence-electron chi connectivity index (χ2n) is 8.32. The van der Waals surface area contributed by atoms with Gasteiger partial charge in [-0.15, -0.1) is 0 Å². The molecule has 7 heteroatoms. The number of hydrogen-bond donors (Lipinski definition) is 0. The first kappa shape index (κ1) is 23.0. The summed E-state index contributed by atoms with van der Waals surface area (Å²) >= 11 is 0. The molecule has 3 aromatic carbocycles. The zero-order chi connectivity index (χ0) is 23.6. The van der Waals surface area contributed by atoms with Crippen LogP contribution in [0.1, 0.15) is 40.7 Å². The fraction of sp³-hybridized carbons (Fsp3) is 0.269. The van der Waals surface area contributed by atoms with Crippen LogP contribution in [0.3, 0.4) is 0 Å². The molecule has 1 heterocycles. The van der Waals surface area contributed by atoms with Crippen LogP contribution in [0, 0.1) is 0 Å². The lowest BCUT2D eigenvalue weighted by molar-refractivity contribution is 0.0984. The lowest BCUT2D eigenvalue weighted by atomic mass is 9.91. The summed E-state index contributed by atoms with van der Waals surface area (Å²) in [4.78, 5) is 15.2. The van der Waals surface area contributed by atoms with Gasteiger partial charge < -0.3 is 9.64 Å². The Morgan fingerprint density at radius 2 is 1.76 bits per heavy atom. The van der Waals surface area contributed by atoms with Crippen LogP contribution in [0.25, 0.3) is 0 Å². The molecule has 0 aliphatic carbocycles. The third-order valence-corrected chi connectivity index (χ3v) is 7.96. The molecule has 172 valence electrons. The fourth-order valence-electron chi connectivity index (χ4n) is 4.22. The normalized spacial score (nSPS) is 15.9. The van der Waals surface area contributed by atoms with E-state index < -0.39 is 10.0 Å².